The number of piperidine rings is 1. The van der Waals surface area contributed by atoms with Gasteiger partial charge in [-0.25, -0.2) is 0 Å². The van der Waals surface area contributed by atoms with Crippen LogP contribution in [0, 0.1) is 5.92 Å². The number of thioether (sulfide) groups is 1. The van der Waals surface area contributed by atoms with Gasteiger partial charge in [0.25, 0.3) is 0 Å². The first kappa shape index (κ1) is 15.7. The zero-order valence-corrected chi connectivity index (χ0v) is 14.0. The van der Waals surface area contributed by atoms with Gasteiger partial charge < -0.3 is 5.32 Å². The topological polar surface area (TPSA) is 15.3 Å². The van der Waals surface area contributed by atoms with Gasteiger partial charge in [-0.15, -0.1) is 0 Å². The lowest BCUT2D eigenvalue weighted by Gasteiger charge is -2.48. The maximum absolute atomic E-state index is 3.67. The Morgan fingerprint density at radius 3 is 2.37 bits per heavy atom. The zero-order chi connectivity index (χ0) is 13.8. The van der Waals surface area contributed by atoms with Crippen LogP contribution in [0.2, 0.25) is 0 Å². The number of hydrogen-bond acceptors (Lipinski definition) is 3. The van der Waals surface area contributed by atoms with Gasteiger partial charge in [-0.1, -0.05) is 13.8 Å². The first-order chi connectivity index (χ1) is 9.17. The zero-order valence-electron chi connectivity index (χ0n) is 13.2. The maximum atomic E-state index is 3.67. The Labute approximate surface area is 124 Å². The number of nitrogens with one attached hydrogen (secondary N) is 1. The molecule has 0 aromatic carbocycles. The Balaban J connectivity index is 1.88. The average Bonchev–Trinajstić information content (AvgIpc) is 2.45. The number of nitrogens with zero attached hydrogens (tertiary/aromatic N) is 1. The fraction of sp³-hybridized carbons (Fsp3) is 1.00. The molecule has 0 spiro atoms. The van der Waals surface area contributed by atoms with Crippen molar-refractivity contribution < 1.29 is 0 Å². The lowest BCUT2D eigenvalue weighted by molar-refractivity contribution is 0.0332. The summed E-state index contributed by atoms with van der Waals surface area (Å²) < 4.78 is 0. The van der Waals surface area contributed by atoms with Crippen molar-refractivity contribution in [2.75, 3.05) is 19.3 Å². The van der Waals surface area contributed by atoms with Crippen molar-refractivity contribution in [3.63, 3.8) is 0 Å². The SMILES string of the molecule is CCNC1CCN(C2CCC(SC)CC2)C(C)C1C. The van der Waals surface area contributed by atoms with Crippen LogP contribution in [-0.2, 0) is 0 Å². The fourth-order valence-corrected chi connectivity index (χ4v) is 4.81. The minimum atomic E-state index is 0.735. The Morgan fingerprint density at radius 2 is 1.79 bits per heavy atom. The van der Waals surface area contributed by atoms with Crippen LogP contribution in [0.25, 0.3) is 0 Å². The molecule has 1 aliphatic heterocycles. The summed E-state index contributed by atoms with van der Waals surface area (Å²) in [5, 5.41) is 4.61. The van der Waals surface area contributed by atoms with Gasteiger partial charge >= 0.3 is 0 Å². The molecule has 1 N–H and O–H groups in total. The summed E-state index contributed by atoms with van der Waals surface area (Å²) >= 11 is 2.07. The minimum absolute atomic E-state index is 0.735. The Kier molecular flexibility index (Phi) is 6.04. The molecule has 0 aromatic rings. The van der Waals surface area contributed by atoms with Crippen LogP contribution in [0.5, 0.6) is 0 Å². The molecule has 0 amide bonds. The van der Waals surface area contributed by atoms with Crippen LogP contribution in [0.1, 0.15) is 52.9 Å². The summed E-state index contributed by atoms with van der Waals surface area (Å²) in [5.41, 5.74) is 0. The second-order valence-corrected chi connectivity index (χ2v) is 7.59. The molecule has 2 aliphatic rings. The molecule has 1 saturated carbocycles. The molecule has 0 bridgehead atoms. The van der Waals surface area contributed by atoms with E-state index >= 15 is 0 Å². The van der Waals surface area contributed by atoms with Crippen molar-refractivity contribution in [2.24, 2.45) is 5.92 Å². The third-order valence-corrected chi connectivity index (χ3v) is 6.67. The summed E-state index contributed by atoms with van der Waals surface area (Å²) in [6, 6.07) is 2.34. The van der Waals surface area contributed by atoms with E-state index in [9.17, 15) is 0 Å². The lowest BCUT2D eigenvalue weighted by atomic mass is 9.83. The van der Waals surface area contributed by atoms with Gasteiger partial charge in [-0.2, -0.15) is 11.8 Å². The van der Waals surface area contributed by atoms with E-state index < -0.39 is 0 Å². The largest absolute Gasteiger partial charge is 0.314 e. The van der Waals surface area contributed by atoms with Gasteiger partial charge in [0.2, 0.25) is 0 Å². The smallest absolute Gasteiger partial charge is 0.0120 e. The maximum Gasteiger partial charge on any atom is 0.0120 e. The van der Waals surface area contributed by atoms with E-state index in [2.05, 4.69) is 49.0 Å². The van der Waals surface area contributed by atoms with Crippen LogP contribution < -0.4 is 5.32 Å². The normalized spacial score (nSPS) is 41.4. The van der Waals surface area contributed by atoms with Crippen LogP contribution >= 0.6 is 11.8 Å². The van der Waals surface area contributed by atoms with E-state index in [1.54, 1.807) is 0 Å². The highest BCUT2D eigenvalue weighted by Crippen LogP contribution is 2.34. The van der Waals surface area contributed by atoms with Gasteiger partial charge in [0.1, 0.15) is 0 Å². The fourth-order valence-electron chi connectivity index (χ4n) is 4.07. The first-order valence-electron chi connectivity index (χ1n) is 8.19. The monoisotopic (exact) mass is 284 g/mol. The second-order valence-electron chi connectivity index (χ2n) is 6.46. The average molecular weight is 285 g/mol. The molecule has 1 aliphatic carbocycles. The number of hydrogen-bond donors (Lipinski definition) is 1. The molecular weight excluding hydrogens is 252 g/mol. The molecule has 3 heteroatoms. The molecule has 3 atom stereocenters. The van der Waals surface area contributed by atoms with Gasteiger partial charge in [-0.05, 0) is 57.7 Å². The molecule has 2 rings (SSSR count). The van der Waals surface area contributed by atoms with Gasteiger partial charge in [0, 0.05) is 29.9 Å². The van der Waals surface area contributed by atoms with Crippen molar-refractivity contribution in [3.8, 4) is 0 Å². The summed E-state index contributed by atoms with van der Waals surface area (Å²) in [6.45, 7) is 9.54. The van der Waals surface area contributed by atoms with E-state index in [-0.39, 0.29) is 0 Å². The van der Waals surface area contributed by atoms with Gasteiger partial charge in [-0.3, -0.25) is 4.90 Å². The molecule has 3 unspecified atom stereocenters. The van der Waals surface area contributed by atoms with Crippen LogP contribution in [0.3, 0.4) is 0 Å². The predicted octanol–water partition coefficient (Wildman–Crippen LogP) is 3.37. The van der Waals surface area contributed by atoms with E-state index in [0.717, 1.165) is 35.8 Å². The highest BCUT2D eigenvalue weighted by Gasteiger charge is 2.36. The third-order valence-electron chi connectivity index (χ3n) is 5.53. The lowest BCUT2D eigenvalue weighted by Crippen LogP contribution is -2.56. The highest BCUT2D eigenvalue weighted by molar-refractivity contribution is 7.99. The van der Waals surface area contributed by atoms with E-state index in [4.69, 9.17) is 0 Å². The Hall–Kier alpha value is 0.270. The molecule has 0 aromatic heterocycles. The Bertz CT molecular complexity index is 261. The molecule has 1 saturated heterocycles. The molecule has 2 nitrogen and oxygen atoms in total. The summed E-state index contributed by atoms with van der Waals surface area (Å²) in [7, 11) is 0. The van der Waals surface area contributed by atoms with Crippen molar-refractivity contribution in [3.05, 3.63) is 0 Å². The summed E-state index contributed by atoms with van der Waals surface area (Å²) in [6.07, 6.45) is 9.32. The van der Waals surface area contributed by atoms with Crippen LogP contribution in [-0.4, -0.2) is 47.6 Å². The predicted molar refractivity (Wildman–Crippen MR) is 87.0 cm³/mol. The highest BCUT2D eigenvalue weighted by atomic mass is 32.2. The summed E-state index contributed by atoms with van der Waals surface area (Å²) in [4.78, 5) is 2.83. The Morgan fingerprint density at radius 1 is 1.11 bits per heavy atom. The van der Waals surface area contributed by atoms with Gasteiger partial charge in [0.15, 0.2) is 0 Å². The molecule has 2 fully saturated rings. The molecule has 112 valence electrons. The second kappa shape index (κ2) is 7.33. The standard InChI is InChI=1S/C16H32N2S/c1-5-17-16-10-11-18(13(3)12(16)2)14-6-8-15(19-4)9-7-14/h12-17H,5-11H2,1-4H3. The minimum Gasteiger partial charge on any atom is -0.314 e. The third kappa shape index (κ3) is 3.68. The van der Waals surface area contributed by atoms with Crippen LogP contribution in [0.4, 0.5) is 0 Å². The number of rotatable bonds is 4. The van der Waals surface area contributed by atoms with E-state index in [0.29, 0.717) is 0 Å². The van der Waals surface area contributed by atoms with Crippen LogP contribution in [0.15, 0.2) is 0 Å². The van der Waals surface area contributed by atoms with Crippen molar-refractivity contribution in [2.45, 2.75) is 76.3 Å². The number of likely N-dealkylation sites (tertiary alicyclic amines) is 1. The van der Waals surface area contributed by atoms with E-state index in [1.807, 2.05) is 0 Å². The molecular formula is C16H32N2S. The first-order valence-corrected chi connectivity index (χ1v) is 9.48. The van der Waals surface area contributed by atoms with Gasteiger partial charge in [0.05, 0.1) is 0 Å². The quantitative estimate of drug-likeness (QED) is 0.852. The molecule has 0 radical (unpaired) electrons. The molecule has 19 heavy (non-hydrogen) atoms. The van der Waals surface area contributed by atoms with Crippen molar-refractivity contribution >= 4 is 11.8 Å². The van der Waals surface area contributed by atoms with Crippen molar-refractivity contribution in [1.29, 1.82) is 0 Å². The van der Waals surface area contributed by atoms with Crippen molar-refractivity contribution in [1.82, 2.24) is 10.2 Å². The summed E-state index contributed by atoms with van der Waals surface area (Å²) in [5.74, 6) is 0.784. The van der Waals surface area contributed by atoms with E-state index in [1.165, 1.54) is 38.6 Å². The molecule has 1 heterocycles.